The van der Waals surface area contributed by atoms with Gasteiger partial charge in [0.25, 0.3) is 0 Å². The Morgan fingerprint density at radius 3 is 2.50 bits per heavy atom. The zero-order chi connectivity index (χ0) is 9.19. The minimum Gasteiger partial charge on any atom is -0.164 e. The van der Waals surface area contributed by atoms with Gasteiger partial charge < -0.3 is 0 Å². The molecule has 0 aromatic heterocycles. The molecular weight excluding hydrogens is 169 g/mol. The van der Waals surface area contributed by atoms with Crippen molar-refractivity contribution < 1.29 is 13.2 Å². The van der Waals surface area contributed by atoms with Gasteiger partial charge in [-0.25, -0.2) is 0 Å². The zero-order valence-electron chi connectivity index (χ0n) is 6.52. The SMILES string of the molecule is CCCC1=N[N]C(C(F)(F)F)=C1. The van der Waals surface area contributed by atoms with E-state index < -0.39 is 11.9 Å². The Labute approximate surface area is 68.1 Å². The predicted molar refractivity (Wildman–Crippen MR) is 38.6 cm³/mol. The van der Waals surface area contributed by atoms with Crippen LogP contribution < -0.4 is 5.43 Å². The van der Waals surface area contributed by atoms with Crippen LogP contribution in [0.4, 0.5) is 13.2 Å². The van der Waals surface area contributed by atoms with Gasteiger partial charge in [0.1, 0.15) is 0 Å². The van der Waals surface area contributed by atoms with Crippen molar-refractivity contribution in [2.24, 2.45) is 5.10 Å². The van der Waals surface area contributed by atoms with Crippen LogP contribution in [0.1, 0.15) is 19.8 Å². The molecule has 67 valence electrons. The Kier molecular flexibility index (Phi) is 2.40. The lowest BCUT2D eigenvalue weighted by Crippen LogP contribution is -2.15. The molecule has 2 nitrogen and oxygen atoms in total. The third-order valence-electron chi connectivity index (χ3n) is 1.39. The van der Waals surface area contributed by atoms with Gasteiger partial charge in [-0.05, 0) is 12.5 Å². The number of rotatable bonds is 2. The van der Waals surface area contributed by atoms with E-state index in [2.05, 4.69) is 10.5 Å². The van der Waals surface area contributed by atoms with Gasteiger partial charge in [0.05, 0.1) is 5.71 Å². The Balaban J connectivity index is 2.61. The first-order valence-corrected chi connectivity index (χ1v) is 3.60. The molecule has 0 atom stereocenters. The van der Waals surface area contributed by atoms with E-state index >= 15 is 0 Å². The van der Waals surface area contributed by atoms with Crippen molar-refractivity contribution in [1.29, 1.82) is 0 Å². The van der Waals surface area contributed by atoms with E-state index in [-0.39, 0.29) is 0 Å². The summed E-state index contributed by atoms with van der Waals surface area (Å²) in [5.74, 6) is 0. The maximum absolute atomic E-state index is 11.9. The van der Waals surface area contributed by atoms with Gasteiger partial charge in [0, 0.05) is 0 Å². The molecular formula is C7H8F3N2. The lowest BCUT2D eigenvalue weighted by atomic mass is 10.2. The number of allylic oxidation sites excluding steroid dienone is 2. The van der Waals surface area contributed by atoms with Crippen LogP contribution in [0.5, 0.6) is 0 Å². The predicted octanol–water partition coefficient (Wildman–Crippen LogP) is 2.21. The molecule has 1 rings (SSSR count). The van der Waals surface area contributed by atoms with Crippen LogP contribution >= 0.6 is 0 Å². The fourth-order valence-corrected chi connectivity index (χ4v) is 0.850. The maximum Gasteiger partial charge on any atom is 0.435 e. The lowest BCUT2D eigenvalue weighted by Gasteiger charge is -2.02. The Morgan fingerprint density at radius 2 is 2.08 bits per heavy atom. The van der Waals surface area contributed by atoms with Crippen molar-refractivity contribution in [3.05, 3.63) is 11.8 Å². The monoisotopic (exact) mass is 177 g/mol. The quantitative estimate of drug-likeness (QED) is 0.618. The van der Waals surface area contributed by atoms with Gasteiger partial charge in [-0.15, -0.1) is 5.43 Å². The van der Waals surface area contributed by atoms with Crippen molar-refractivity contribution in [2.45, 2.75) is 25.9 Å². The fourth-order valence-electron chi connectivity index (χ4n) is 0.850. The van der Waals surface area contributed by atoms with E-state index in [0.29, 0.717) is 12.1 Å². The summed E-state index contributed by atoms with van der Waals surface area (Å²) in [4.78, 5) is 0. The molecule has 0 N–H and O–H groups in total. The number of hydrogen-bond donors (Lipinski definition) is 0. The second kappa shape index (κ2) is 3.16. The molecule has 0 saturated carbocycles. The molecule has 0 fully saturated rings. The fraction of sp³-hybridized carbons (Fsp3) is 0.571. The second-order valence-electron chi connectivity index (χ2n) is 2.47. The summed E-state index contributed by atoms with van der Waals surface area (Å²) in [6.07, 6.45) is -2.05. The van der Waals surface area contributed by atoms with E-state index in [9.17, 15) is 13.2 Å². The number of hydrogen-bond acceptors (Lipinski definition) is 1. The number of halogens is 3. The minimum atomic E-state index is -4.36. The highest BCUT2D eigenvalue weighted by Gasteiger charge is 2.37. The van der Waals surface area contributed by atoms with E-state index in [0.717, 1.165) is 12.5 Å². The van der Waals surface area contributed by atoms with Crippen LogP contribution in [0.15, 0.2) is 16.9 Å². The summed E-state index contributed by atoms with van der Waals surface area (Å²) < 4.78 is 35.8. The third-order valence-corrected chi connectivity index (χ3v) is 1.39. The standard InChI is InChI=1S/C7H8F3N2/c1-2-3-5-4-6(12-11-5)7(8,9)10/h4H,2-3H2,1H3. The average Bonchev–Trinajstić information content (AvgIpc) is 2.35. The molecule has 1 heterocycles. The van der Waals surface area contributed by atoms with Crippen molar-refractivity contribution in [3.63, 3.8) is 0 Å². The number of alkyl halides is 3. The molecule has 0 amide bonds. The molecule has 0 saturated heterocycles. The van der Waals surface area contributed by atoms with Crippen molar-refractivity contribution in [1.82, 2.24) is 5.43 Å². The molecule has 1 aliphatic rings. The normalized spacial score (nSPS) is 17.0. The van der Waals surface area contributed by atoms with Crippen LogP contribution in [0.3, 0.4) is 0 Å². The Bertz CT molecular complexity index is 227. The second-order valence-corrected chi connectivity index (χ2v) is 2.47. The van der Waals surface area contributed by atoms with E-state index in [4.69, 9.17) is 0 Å². The van der Waals surface area contributed by atoms with Gasteiger partial charge >= 0.3 is 6.18 Å². The minimum absolute atomic E-state index is 0.407. The van der Waals surface area contributed by atoms with Crippen LogP contribution in [-0.2, 0) is 0 Å². The molecule has 12 heavy (non-hydrogen) atoms. The summed E-state index contributed by atoms with van der Waals surface area (Å²) in [7, 11) is 0. The van der Waals surface area contributed by atoms with Crippen LogP contribution in [0.2, 0.25) is 0 Å². The van der Waals surface area contributed by atoms with E-state index in [1.807, 2.05) is 6.92 Å². The molecule has 0 unspecified atom stereocenters. The summed E-state index contributed by atoms with van der Waals surface area (Å²) >= 11 is 0. The van der Waals surface area contributed by atoms with Gasteiger partial charge in [-0.3, -0.25) is 0 Å². The van der Waals surface area contributed by atoms with Crippen LogP contribution in [0, 0.1) is 0 Å². The van der Waals surface area contributed by atoms with E-state index in [1.54, 1.807) is 0 Å². The van der Waals surface area contributed by atoms with E-state index in [1.165, 1.54) is 0 Å². The van der Waals surface area contributed by atoms with Gasteiger partial charge in [0.2, 0.25) is 0 Å². The van der Waals surface area contributed by atoms with Crippen molar-refractivity contribution in [2.75, 3.05) is 0 Å². The largest absolute Gasteiger partial charge is 0.435 e. The van der Waals surface area contributed by atoms with Crippen LogP contribution in [-0.4, -0.2) is 11.9 Å². The maximum atomic E-state index is 11.9. The highest BCUT2D eigenvalue weighted by Crippen LogP contribution is 2.26. The highest BCUT2D eigenvalue weighted by molar-refractivity contribution is 5.96. The first kappa shape index (κ1) is 9.09. The number of nitrogens with zero attached hydrogens (tertiary/aromatic N) is 2. The summed E-state index contributed by atoms with van der Waals surface area (Å²) in [6, 6.07) is 0. The van der Waals surface area contributed by atoms with Crippen LogP contribution in [0.25, 0.3) is 0 Å². The molecule has 1 aliphatic heterocycles. The molecule has 5 heteroatoms. The third kappa shape index (κ3) is 1.99. The smallest absolute Gasteiger partial charge is 0.164 e. The van der Waals surface area contributed by atoms with Gasteiger partial charge in [0.15, 0.2) is 5.70 Å². The van der Waals surface area contributed by atoms with Crippen molar-refractivity contribution in [3.8, 4) is 0 Å². The van der Waals surface area contributed by atoms with Crippen molar-refractivity contribution >= 4 is 5.71 Å². The summed E-state index contributed by atoms with van der Waals surface area (Å²) in [6.45, 7) is 1.88. The zero-order valence-corrected chi connectivity index (χ0v) is 6.52. The van der Waals surface area contributed by atoms with Gasteiger partial charge in [-0.2, -0.15) is 18.3 Å². The Morgan fingerprint density at radius 1 is 1.42 bits per heavy atom. The summed E-state index contributed by atoms with van der Waals surface area (Å²) in [5, 5.41) is 3.40. The average molecular weight is 177 g/mol. The molecule has 1 radical (unpaired) electrons. The van der Waals surface area contributed by atoms with Gasteiger partial charge in [-0.1, -0.05) is 13.3 Å². The molecule has 0 bridgehead atoms. The molecule has 0 aromatic carbocycles. The first-order chi connectivity index (χ1) is 5.54. The highest BCUT2D eigenvalue weighted by atomic mass is 19.4. The first-order valence-electron chi connectivity index (χ1n) is 3.60. The molecule has 0 spiro atoms. The topological polar surface area (TPSA) is 26.5 Å². The molecule has 0 aliphatic carbocycles. The Hall–Kier alpha value is -1.00. The summed E-state index contributed by atoms with van der Waals surface area (Å²) in [5.41, 5.74) is 2.54. The lowest BCUT2D eigenvalue weighted by molar-refractivity contribution is -0.0964. The molecule has 0 aromatic rings.